The van der Waals surface area contributed by atoms with Gasteiger partial charge in [-0.2, -0.15) is 0 Å². The van der Waals surface area contributed by atoms with Crippen LogP contribution in [-0.2, 0) is 5.41 Å². The van der Waals surface area contributed by atoms with Gasteiger partial charge in [-0.3, -0.25) is 0 Å². The van der Waals surface area contributed by atoms with Gasteiger partial charge in [0.05, 0.1) is 0 Å². The van der Waals surface area contributed by atoms with Crippen LogP contribution in [0.5, 0.6) is 0 Å². The predicted octanol–water partition coefficient (Wildman–Crippen LogP) is 3.61. The van der Waals surface area contributed by atoms with Crippen LogP contribution in [0.25, 0.3) is 10.8 Å². The molecule has 2 aromatic rings. The molecule has 0 aromatic heterocycles. The molecule has 17 heavy (non-hydrogen) atoms. The monoisotopic (exact) mass is 225 g/mol. The molecule has 0 atom stereocenters. The molecule has 0 heterocycles. The lowest BCUT2D eigenvalue weighted by Gasteiger charge is -2.33. The van der Waals surface area contributed by atoms with E-state index in [2.05, 4.69) is 56.3 Å². The number of rotatable bonds is 2. The van der Waals surface area contributed by atoms with Crippen molar-refractivity contribution in [3.63, 3.8) is 0 Å². The summed E-state index contributed by atoms with van der Waals surface area (Å²) in [5.74, 6) is 0. The van der Waals surface area contributed by atoms with Gasteiger partial charge in [0, 0.05) is 11.0 Å². The molecular weight excluding hydrogens is 206 g/mol. The largest absolute Gasteiger partial charge is 0.324 e. The lowest BCUT2D eigenvalue weighted by atomic mass is 9.74. The van der Waals surface area contributed by atoms with Gasteiger partial charge in [-0.05, 0) is 29.2 Å². The zero-order chi connectivity index (χ0) is 12.1. The Bertz CT molecular complexity index is 559. The summed E-state index contributed by atoms with van der Waals surface area (Å²) in [7, 11) is 0. The normalized spacial score (nSPS) is 18.3. The Morgan fingerprint density at radius 2 is 1.65 bits per heavy atom. The van der Waals surface area contributed by atoms with Crippen molar-refractivity contribution in [1.82, 2.24) is 0 Å². The second-order valence-corrected chi connectivity index (χ2v) is 5.81. The average Bonchev–Trinajstić information content (AvgIpc) is 3.08. The van der Waals surface area contributed by atoms with Crippen molar-refractivity contribution in [2.45, 2.75) is 37.6 Å². The van der Waals surface area contributed by atoms with Gasteiger partial charge in [-0.15, -0.1) is 0 Å². The molecule has 0 radical (unpaired) electrons. The second-order valence-electron chi connectivity index (χ2n) is 5.81. The van der Waals surface area contributed by atoms with Crippen molar-refractivity contribution in [2.75, 3.05) is 0 Å². The molecule has 0 unspecified atom stereocenters. The van der Waals surface area contributed by atoms with Crippen LogP contribution in [0.3, 0.4) is 0 Å². The van der Waals surface area contributed by atoms with Crippen LogP contribution in [0.1, 0.15) is 32.3 Å². The quantitative estimate of drug-likeness (QED) is 0.830. The van der Waals surface area contributed by atoms with Crippen LogP contribution in [0.2, 0.25) is 0 Å². The Morgan fingerprint density at radius 3 is 2.35 bits per heavy atom. The number of fused-ring (bicyclic) bond motifs is 1. The van der Waals surface area contributed by atoms with Crippen LogP contribution in [0, 0.1) is 0 Å². The Hall–Kier alpha value is -1.34. The Balaban J connectivity index is 2.24. The van der Waals surface area contributed by atoms with Gasteiger partial charge < -0.3 is 5.73 Å². The van der Waals surface area contributed by atoms with E-state index >= 15 is 0 Å². The van der Waals surface area contributed by atoms with Gasteiger partial charge in [-0.1, -0.05) is 56.3 Å². The van der Waals surface area contributed by atoms with Crippen molar-refractivity contribution < 1.29 is 0 Å². The summed E-state index contributed by atoms with van der Waals surface area (Å²) >= 11 is 0. The van der Waals surface area contributed by atoms with Crippen molar-refractivity contribution >= 4 is 10.8 Å². The topological polar surface area (TPSA) is 26.0 Å². The number of hydrogen-bond acceptors (Lipinski definition) is 1. The summed E-state index contributed by atoms with van der Waals surface area (Å²) < 4.78 is 0. The van der Waals surface area contributed by atoms with Crippen LogP contribution in [0.4, 0.5) is 0 Å². The predicted molar refractivity (Wildman–Crippen MR) is 73.1 cm³/mol. The van der Waals surface area contributed by atoms with E-state index in [-0.39, 0.29) is 11.0 Å². The van der Waals surface area contributed by atoms with E-state index in [1.807, 2.05) is 0 Å². The van der Waals surface area contributed by atoms with E-state index in [9.17, 15) is 0 Å². The van der Waals surface area contributed by atoms with Crippen molar-refractivity contribution in [2.24, 2.45) is 5.73 Å². The molecule has 1 heteroatoms. The van der Waals surface area contributed by atoms with E-state index in [1.54, 1.807) is 0 Å². The molecule has 3 rings (SSSR count). The lowest BCUT2D eigenvalue weighted by molar-refractivity contribution is 0.394. The summed E-state index contributed by atoms with van der Waals surface area (Å²) in [6, 6.07) is 15.1. The highest BCUT2D eigenvalue weighted by Gasteiger charge is 2.52. The zero-order valence-corrected chi connectivity index (χ0v) is 10.5. The molecule has 0 amide bonds. The Labute approximate surface area is 103 Å². The van der Waals surface area contributed by atoms with Crippen LogP contribution in [0.15, 0.2) is 42.5 Å². The fraction of sp³-hybridized carbons (Fsp3) is 0.375. The maximum atomic E-state index is 6.45. The molecule has 0 saturated heterocycles. The minimum Gasteiger partial charge on any atom is -0.324 e. The van der Waals surface area contributed by atoms with E-state index in [0.717, 1.165) is 12.8 Å². The van der Waals surface area contributed by atoms with Crippen LogP contribution < -0.4 is 5.73 Å². The molecule has 0 spiro atoms. The SMILES string of the molecule is CC(C)(c1cccc2ccccc12)C1(N)CC1. The third-order valence-electron chi connectivity index (χ3n) is 4.50. The molecule has 1 saturated carbocycles. The molecule has 1 aliphatic carbocycles. The first-order valence-electron chi connectivity index (χ1n) is 6.32. The highest BCUT2D eigenvalue weighted by atomic mass is 14.9. The Kier molecular flexibility index (Phi) is 2.11. The Morgan fingerprint density at radius 1 is 1.00 bits per heavy atom. The third-order valence-corrected chi connectivity index (χ3v) is 4.50. The molecule has 0 aliphatic heterocycles. The molecule has 88 valence electrons. The summed E-state index contributed by atoms with van der Waals surface area (Å²) in [6.07, 6.45) is 2.28. The number of benzene rings is 2. The maximum Gasteiger partial charge on any atom is 0.0248 e. The van der Waals surface area contributed by atoms with Crippen molar-refractivity contribution in [3.05, 3.63) is 48.0 Å². The molecule has 2 N–H and O–H groups in total. The summed E-state index contributed by atoms with van der Waals surface area (Å²) in [4.78, 5) is 0. The lowest BCUT2D eigenvalue weighted by Crippen LogP contribution is -2.43. The summed E-state index contributed by atoms with van der Waals surface area (Å²) in [5, 5.41) is 2.65. The minimum atomic E-state index is -0.00285. The van der Waals surface area contributed by atoms with E-state index in [0.29, 0.717) is 0 Å². The van der Waals surface area contributed by atoms with Gasteiger partial charge in [0.2, 0.25) is 0 Å². The average molecular weight is 225 g/mol. The van der Waals surface area contributed by atoms with Gasteiger partial charge in [-0.25, -0.2) is 0 Å². The molecule has 0 bridgehead atoms. The van der Waals surface area contributed by atoms with Gasteiger partial charge in [0.1, 0.15) is 0 Å². The van der Waals surface area contributed by atoms with Gasteiger partial charge in [0.25, 0.3) is 0 Å². The molecular formula is C16H19N. The van der Waals surface area contributed by atoms with Crippen molar-refractivity contribution in [1.29, 1.82) is 0 Å². The number of nitrogens with two attached hydrogens (primary N) is 1. The molecule has 1 aliphatic rings. The fourth-order valence-electron chi connectivity index (χ4n) is 2.80. The molecule has 1 fully saturated rings. The highest BCUT2D eigenvalue weighted by molar-refractivity contribution is 5.86. The minimum absolute atomic E-state index is 0.00285. The zero-order valence-electron chi connectivity index (χ0n) is 10.5. The summed E-state index contributed by atoms with van der Waals surface area (Å²) in [5.41, 5.74) is 7.88. The first-order chi connectivity index (χ1) is 8.05. The van der Waals surface area contributed by atoms with Gasteiger partial charge in [0.15, 0.2) is 0 Å². The van der Waals surface area contributed by atoms with E-state index in [4.69, 9.17) is 5.73 Å². The summed E-state index contributed by atoms with van der Waals surface area (Å²) in [6.45, 7) is 4.56. The van der Waals surface area contributed by atoms with E-state index < -0.39 is 0 Å². The fourth-order valence-corrected chi connectivity index (χ4v) is 2.80. The first-order valence-corrected chi connectivity index (χ1v) is 6.32. The molecule has 1 nitrogen and oxygen atoms in total. The van der Waals surface area contributed by atoms with Gasteiger partial charge >= 0.3 is 0 Å². The highest BCUT2D eigenvalue weighted by Crippen LogP contribution is 2.50. The van der Waals surface area contributed by atoms with Crippen LogP contribution >= 0.6 is 0 Å². The van der Waals surface area contributed by atoms with Crippen LogP contribution in [-0.4, -0.2) is 5.54 Å². The standard InChI is InChI=1S/C16H19N/c1-15(2,16(17)10-11-16)14-9-5-7-12-6-3-4-8-13(12)14/h3-9H,10-11,17H2,1-2H3. The van der Waals surface area contributed by atoms with E-state index in [1.165, 1.54) is 16.3 Å². The molecule has 2 aromatic carbocycles. The maximum absolute atomic E-state index is 6.45. The smallest absolute Gasteiger partial charge is 0.0248 e. The third kappa shape index (κ3) is 1.49. The number of hydrogen-bond donors (Lipinski definition) is 1. The van der Waals surface area contributed by atoms with Crippen molar-refractivity contribution in [3.8, 4) is 0 Å². The first kappa shape index (κ1) is 10.8. The second kappa shape index (κ2) is 3.33.